The van der Waals surface area contributed by atoms with Crippen molar-refractivity contribution in [2.45, 2.75) is 19.6 Å². The molecule has 10 aromatic carbocycles. The number of furan rings is 1. The predicted octanol–water partition coefficient (Wildman–Crippen LogP) is 18.3. The molecule has 4 nitrogen and oxygen atoms in total. The molecule has 0 atom stereocenters. The van der Waals surface area contributed by atoms with E-state index >= 15 is 0 Å². The van der Waals surface area contributed by atoms with Crippen LogP contribution in [0.15, 0.2) is 261 Å². The van der Waals surface area contributed by atoms with Gasteiger partial charge in [-0.2, -0.15) is 0 Å². The summed E-state index contributed by atoms with van der Waals surface area (Å²) >= 11 is 3.65. The molecule has 2 aliphatic rings. The van der Waals surface area contributed by atoms with Gasteiger partial charge in [0.05, 0.1) is 39.8 Å². The van der Waals surface area contributed by atoms with E-state index in [-0.39, 0.29) is 0 Å². The summed E-state index contributed by atoms with van der Waals surface area (Å²) in [6.45, 7) is 0. The van der Waals surface area contributed by atoms with Crippen LogP contribution in [0.25, 0.3) is 44.2 Å². The second-order valence-electron chi connectivity index (χ2n) is 16.5. The van der Waals surface area contributed by atoms with Gasteiger partial charge in [-0.1, -0.05) is 163 Å². The van der Waals surface area contributed by atoms with Crippen molar-refractivity contribution in [3.05, 3.63) is 237 Å². The first kappa shape index (κ1) is 38.5. The highest BCUT2D eigenvalue weighted by molar-refractivity contribution is 8.00. The van der Waals surface area contributed by atoms with Gasteiger partial charge in [0.1, 0.15) is 11.2 Å². The van der Waals surface area contributed by atoms with Crippen LogP contribution in [0.4, 0.5) is 51.2 Å². The molecule has 3 heterocycles. The fourth-order valence-electron chi connectivity index (χ4n) is 9.58. The fourth-order valence-corrected chi connectivity index (χ4v) is 11.7. The van der Waals surface area contributed by atoms with E-state index in [9.17, 15) is 0 Å². The fraction of sp³-hybridized carbons (Fsp3) is 0. The zero-order chi connectivity index (χ0) is 43.6. The number of fused-ring (bicyclic) bond motifs is 7. The smallest absolute Gasteiger partial charge is 0.143 e. The summed E-state index contributed by atoms with van der Waals surface area (Å²) in [6, 6.07) is 85.4. The number of anilines is 9. The molecule has 0 aliphatic carbocycles. The normalized spacial score (nSPS) is 12.7. The Labute approximate surface area is 392 Å². The lowest BCUT2D eigenvalue weighted by molar-refractivity contribution is 0.670. The van der Waals surface area contributed by atoms with Gasteiger partial charge in [-0.05, 0) is 114 Å². The second-order valence-corrected chi connectivity index (χ2v) is 18.7. The summed E-state index contributed by atoms with van der Waals surface area (Å²) in [5.74, 6) is 0. The average Bonchev–Trinajstić information content (AvgIpc) is 3.77. The number of hydrogen-bond acceptors (Lipinski definition) is 6. The summed E-state index contributed by atoms with van der Waals surface area (Å²) in [6.07, 6.45) is 0. The van der Waals surface area contributed by atoms with Gasteiger partial charge in [-0.15, -0.1) is 0 Å². The molecule has 0 amide bonds. The Morgan fingerprint density at radius 2 is 0.773 bits per heavy atom. The van der Waals surface area contributed by atoms with Gasteiger partial charge in [0.25, 0.3) is 0 Å². The minimum atomic E-state index is 0.896. The summed E-state index contributed by atoms with van der Waals surface area (Å²) in [7, 11) is 0. The van der Waals surface area contributed by atoms with Crippen LogP contribution < -0.4 is 14.7 Å². The van der Waals surface area contributed by atoms with Crippen molar-refractivity contribution in [1.82, 2.24) is 0 Å². The minimum Gasteiger partial charge on any atom is -0.455 e. The van der Waals surface area contributed by atoms with Crippen molar-refractivity contribution in [2.75, 3.05) is 14.7 Å². The van der Waals surface area contributed by atoms with Crippen LogP contribution in [0.1, 0.15) is 0 Å². The Hall–Kier alpha value is -7.90. The van der Waals surface area contributed by atoms with Crippen molar-refractivity contribution in [3.8, 4) is 22.3 Å². The lowest BCUT2D eigenvalue weighted by atomic mass is 10.0. The summed E-state index contributed by atoms with van der Waals surface area (Å²) in [5.41, 5.74) is 16.2. The molecule has 0 N–H and O–H groups in total. The summed E-state index contributed by atoms with van der Waals surface area (Å²) in [4.78, 5) is 12.2. The predicted molar refractivity (Wildman–Crippen MR) is 277 cm³/mol. The number of para-hydroxylation sites is 6. The Morgan fingerprint density at radius 3 is 1.32 bits per heavy atom. The SMILES string of the molecule is c1ccc(-c2ccc(N(c3ccc(-c4cccc5c4oc4ccccc45)cc3)c3cc(N4c5ccccc5Sc5ccccc54)cc(N4c5ccccc5Sc5ccccc54)c3)cc2)cc1. The van der Waals surface area contributed by atoms with Crippen molar-refractivity contribution in [1.29, 1.82) is 0 Å². The largest absolute Gasteiger partial charge is 0.455 e. The monoisotopic (exact) mass is 881 g/mol. The molecule has 0 saturated carbocycles. The number of nitrogens with zero attached hydrogens (tertiary/aromatic N) is 3. The van der Waals surface area contributed by atoms with E-state index in [4.69, 9.17) is 4.42 Å². The topological polar surface area (TPSA) is 22.9 Å². The first-order valence-electron chi connectivity index (χ1n) is 22.2. The van der Waals surface area contributed by atoms with Crippen LogP contribution in [-0.4, -0.2) is 0 Å². The average molecular weight is 882 g/mol. The zero-order valence-electron chi connectivity index (χ0n) is 35.6. The van der Waals surface area contributed by atoms with Gasteiger partial charge >= 0.3 is 0 Å². The summed E-state index contributed by atoms with van der Waals surface area (Å²) < 4.78 is 6.52. The Kier molecular flexibility index (Phi) is 9.32. The highest BCUT2D eigenvalue weighted by Crippen LogP contribution is 2.56. The van der Waals surface area contributed by atoms with E-state index in [0.29, 0.717) is 0 Å². The molecule has 13 rings (SSSR count). The highest BCUT2D eigenvalue weighted by atomic mass is 32.2. The molecule has 66 heavy (non-hydrogen) atoms. The number of hydrogen-bond donors (Lipinski definition) is 0. The van der Waals surface area contributed by atoms with Crippen LogP contribution in [0.3, 0.4) is 0 Å². The van der Waals surface area contributed by atoms with E-state index in [1.54, 1.807) is 0 Å². The van der Waals surface area contributed by atoms with Crippen LogP contribution in [0.2, 0.25) is 0 Å². The zero-order valence-corrected chi connectivity index (χ0v) is 37.2. The molecule has 6 heteroatoms. The quantitative estimate of drug-likeness (QED) is 0.158. The van der Waals surface area contributed by atoms with Crippen molar-refractivity contribution >= 4 is 96.6 Å². The molecular formula is C60H39N3OS2. The second kappa shape index (κ2) is 16.0. The van der Waals surface area contributed by atoms with E-state index < -0.39 is 0 Å². The Bertz CT molecular complexity index is 3420. The van der Waals surface area contributed by atoms with Crippen LogP contribution in [0.5, 0.6) is 0 Å². The van der Waals surface area contributed by atoms with Gasteiger partial charge in [0.15, 0.2) is 0 Å². The molecular weight excluding hydrogens is 843 g/mol. The maximum Gasteiger partial charge on any atom is 0.143 e. The van der Waals surface area contributed by atoms with Gasteiger partial charge < -0.3 is 19.1 Å². The van der Waals surface area contributed by atoms with E-state index in [2.05, 4.69) is 239 Å². The molecule has 0 fully saturated rings. The number of rotatable bonds is 7. The third kappa shape index (κ3) is 6.56. The molecule has 0 bridgehead atoms. The summed E-state index contributed by atoms with van der Waals surface area (Å²) in [5, 5.41) is 2.25. The maximum absolute atomic E-state index is 6.52. The Morgan fingerprint density at radius 1 is 0.333 bits per heavy atom. The third-order valence-electron chi connectivity index (χ3n) is 12.6. The van der Waals surface area contributed by atoms with E-state index in [1.807, 2.05) is 35.7 Å². The molecule has 11 aromatic rings. The van der Waals surface area contributed by atoms with Crippen molar-refractivity contribution < 1.29 is 4.42 Å². The first-order valence-corrected chi connectivity index (χ1v) is 23.8. The van der Waals surface area contributed by atoms with Crippen molar-refractivity contribution in [2.24, 2.45) is 0 Å². The van der Waals surface area contributed by atoms with Gasteiger partial charge in [0, 0.05) is 47.3 Å². The molecule has 0 unspecified atom stereocenters. The molecule has 1 aromatic heterocycles. The lowest BCUT2D eigenvalue weighted by Gasteiger charge is -2.37. The standard InChI is InChI=1S/C60H39N3OS2/c1-2-15-40(16-3-1)41-29-33-43(34-30-41)61(44-35-31-42(32-36-44)48-18-14-19-50-49-17-4-9-24-55(49)64-60(48)50)45-37-46(62-51-20-5-10-25-56(51)65-57-26-11-6-21-52(57)62)39-47(38-45)63-53-22-7-12-27-58(53)66-59-28-13-8-23-54(59)63/h1-39H. The van der Waals surface area contributed by atoms with Crippen molar-refractivity contribution in [3.63, 3.8) is 0 Å². The third-order valence-corrected chi connectivity index (χ3v) is 14.9. The molecule has 2 aliphatic heterocycles. The van der Waals surface area contributed by atoms with Crippen LogP contribution in [0, 0.1) is 0 Å². The highest BCUT2D eigenvalue weighted by Gasteiger charge is 2.30. The van der Waals surface area contributed by atoms with Gasteiger partial charge in [-0.3, -0.25) is 0 Å². The molecule has 0 saturated heterocycles. The minimum absolute atomic E-state index is 0.896. The lowest BCUT2D eigenvalue weighted by Crippen LogP contribution is -2.19. The first-order chi connectivity index (χ1) is 32.7. The van der Waals surface area contributed by atoms with Crippen LogP contribution >= 0.6 is 23.5 Å². The molecule has 0 radical (unpaired) electrons. The van der Waals surface area contributed by atoms with E-state index in [0.717, 1.165) is 84.3 Å². The molecule has 312 valence electrons. The van der Waals surface area contributed by atoms with E-state index in [1.165, 1.54) is 30.7 Å². The van der Waals surface area contributed by atoms with Crippen LogP contribution in [-0.2, 0) is 0 Å². The van der Waals surface area contributed by atoms with Gasteiger partial charge in [-0.25, -0.2) is 0 Å². The number of benzene rings is 10. The molecule has 0 spiro atoms. The Balaban J connectivity index is 1.04. The van der Waals surface area contributed by atoms with Gasteiger partial charge in [0.2, 0.25) is 0 Å². The maximum atomic E-state index is 6.52.